The second kappa shape index (κ2) is 10.0. The van der Waals surface area contributed by atoms with Crippen LogP contribution in [0.3, 0.4) is 0 Å². The van der Waals surface area contributed by atoms with Gasteiger partial charge in [-0.25, -0.2) is 0 Å². The average Bonchev–Trinajstić information content (AvgIpc) is 3.59. The highest BCUT2D eigenvalue weighted by molar-refractivity contribution is 5.97. The number of nitrogens with one attached hydrogen (secondary N) is 1. The van der Waals surface area contributed by atoms with Crippen molar-refractivity contribution in [2.24, 2.45) is 0 Å². The highest BCUT2D eigenvalue weighted by Gasteiger charge is 2.48. The molecule has 4 aromatic rings. The van der Waals surface area contributed by atoms with E-state index < -0.39 is 12.1 Å². The Morgan fingerprint density at radius 3 is 2.65 bits per heavy atom. The highest BCUT2D eigenvalue weighted by atomic mass is 16.7. The summed E-state index contributed by atoms with van der Waals surface area (Å²) < 4.78 is 11.2. The normalized spacial score (nSPS) is 19.9. The zero-order chi connectivity index (χ0) is 27.2. The van der Waals surface area contributed by atoms with E-state index in [1.807, 2.05) is 54.6 Å². The van der Waals surface area contributed by atoms with Crippen LogP contribution in [-0.2, 0) is 22.6 Å². The summed E-state index contributed by atoms with van der Waals surface area (Å²) in [6.45, 7) is 2.52. The number of nitrogens with zero attached hydrogens (tertiary/aromatic N) is 3. The lowest BCUT2D eigenvalue weighted by Crippen LogP contribution is -2.63. The Hall–Kier alpha value is -4.30. The van der Waals surface area contributed by atoms with E-state index >= 15 is 0 Å². The van der Waals surface area contributed by atoms with Crippen molar-refractivity contribution in [3.63, 3.8) is 0 Å². The fourth-order valence-corrected chi connectivity index (χ4v) is 6.45. The predicted molar refractivity (Wildman–Crippen MR) is 151 cm³/mol. The standard InChI is InChI=1S/C32H32N4O4/c1-34(18-21-8-3-2-4-9-21)14-7-15-35-19-29(37)36-26(32(35)38)17-24-23-10-5-6-11-25(23)33-30(24)31(36)22-12-13-27-28(16-22)40-20-39-27/h2-6,8-13,16,26,31,33H,7,14-15,17-20H2,1H3/t26-,31-/m1/s1. The first-order valence-corrected chi connectivity index (χ1v) is 13.9. The second-order valence-corrected chi connectivity index (χ2v) is 10.9. The van der Waals surface area contributed by atoms with Gasteiger partial charge in [-0.2, -0.15) is 0 Å². The molecular formula is C32H32N4O4. The molecule has 1 aromatic heterocycles. The number of rotatable bonds is 7. The van der Waals surface area contributed by atoms with Gasteiger partial charge in [-0.3, -0.25) is 9.59 Å². The molecule has 0 bridgehead atoms. The van der Waals surface area contributed by atoms with E-state index in [4.69, 9.17) is 9.47 Å². The van der Waals surface area contributed by atoms with Gasteiger partial charge >= 0.3 is 0 Å². The number of aromatic amines is 1. The summed E-state index contributed by atoms with van der Waals surface area (Å²) >= 11 is 0. The Labute approximate surface area is 233 Å². The molecule has 40 heavy (non-hydrogen) atoms. The predicted octanol–water partition coefficient (Wildman–Crippen LogP) is 4.10. The van der Waals surface area contributed by atoms with Crippen LogP contribution in [0, 0.1) is 0 Å². The monoisotopic (exact) mass is 536 g/mol. The average molecular weight is 537 g/mol. The molecule has 0 spiro atoms. The Bertz CT molecular complexity index is 1580. The molecule has 1 N–H and O–H groups in total. The van der Waals surface area contributed by atoms with Crippen molar-refractivity contribution in [2.45, 2.75) is 31.5 Å². The molecule has 204 valence electrons. The number of benzene rings is 3. The number of fused-ring (bicyclic) bond motifs is 5. The molecule has 3 aliphatic heterocycles. The van der Waals surface area contributed by atoms with Gasteiger partial charge in [0.1, 0.15) is 6.04 Å². The molecule has 0 unspecified atom stereocenters. The van der Waals surface area contributed by atoms with Gasteiger partial charge in [-0.1, -0.05) is 54.6 Å². The Morgan fingerprint density at radius 2 is 1.77 bits per heavy atom. The number of hydrogen-bond acceptors (Lipinski definition) is 5. The molecule has 0 radical (unpaired) electrons. The van der Waals surface area contributed by atoms with Crippen LogP contribution in [0.4, 0.5) is 0 Å². The maximum absolute atomic E-state index is 14.0. The molecule has 0 saturated carbocycles. The summed E-state index contributed by atoms with van der Waals surface area (Å²) in [7, 11) is 2.09. The number of aromatic nitrogens is 1. The Morgan fingerprint density at radius 1 is 0.975 bits per heavy atom. The van der Waals surface area contributed by atoms with Crippen molar-refractivity contribution in [2.75, 3.05) is 33.5 Å². The minimum Gasteiger partial charge on any atom is -0.454 e. The third kappa shape index (κ3) is 4.29. The minimum absolute atomic E-state index is 0.0204. The molecule has 3 aromatic carbocycles. The third-order valence-electron chi connectivity index (χ3n) is 8.32. The van der Waals surface area contributed by atoms with Gasteiger partial charge in [0.05, 0.1) is 12.6 Å². The van der Waals surface area contributed by atoms with Crippen molar-refractivity contribution >= 4 is 22.7 Å². The largest absolute Gasteiger partial charge is 0.454 e. The summed E-state index contributed by atoms with van der Waals surface area (Å²) in [4.78, 5) is 37.2. The van der Waals surface area contributed by atoms with Crippen LogP contribution in [0.25, 0.3) is 10.9 Å². The molecule has 8 heteroatoms. The molecule has 0 aliphatic carbocycles. The lowest BCUT2D eigenvalue weighted by atomic mass is 9.86. The van der Waals surface area contributed by atoms with Gasteiger partial charge < -0.3 is 29.2 Å². The quantitative estimate of drug-likeness (QED) is 0.385. The van der Waals surface area contributed by atoms with Crippen LogP contribution < -0.4 is 9.47 Å². The number of carbonyl (C=O) groups is 2. The first-order chi connectivity index (χ1) is 19.6. The van der Waals surface area contributed by atoms with Crippen molar-refractivity contribution in [1.29, 1.82) is 0 Å². The van der Waals surface area contributed by atoms with Crippen molar-refractivity contribution in [3.8, 4) is 11.5 Å². The van der Waals surface area contributed by atoms with Crippen LogP contribution in [0.1, 0.15) is 34.8 Å². The van der Waals surface area contributed by atoms with E-state index in [1.165, 1.54) is 5.56 Å². The Kier molecular flexibility index (Phi) is 6.20. The smallest absolute Gasteiger partial charge is 0.246 e. The van der Waals surface area contributed by atoms with Gasteiger partial charge in [0, 0.05) is 36.1 Å². The third-order valence-corrected chi connectivity index (χ3v) is 8.32. The van der Waals surface area contributed by atoms with Crippen molar-refractivity contribution in [1.82, 2.24) is 19.7 Å². The zero-order valence-electron chi connectivity index (χ0n) is 22.5. The number of piperazine rings is 1. The molecule has 2 amide bonds. The number of amides is 2. The highest BCUT2D eigenvalue weighted by Crippen LogP contribution is 2.44. The minimum atomic E-state index is -0.551. The number of H-pyrrole nitrogens is 1. The molecule has 3 aliphatic rings. The molecular weight excluding hydrogens is 504 g/mol. The zero-order valence-corrected chi connectivity index (χ0v) is 22.5. The van der Waals surface area contributed by atoms with E-state index in [-0.39, 0.29) is 25.2 Å². The van der Waals surface area contributed by atoms with Crippen LogP contribution >= 0.6 is 0 Å². The van der Waals surface area contributed by atoms with E-state index in [9.17, 15) is 9.59 Å². The molecule has 4 heterocycles. The molecule has 1 saturated heterocycles. The van der Waals surface area contributed by atoms with Crippen LogP contribution in [0.2, 0.25) is 0 Å². The van der Waals surface area contributed by atoms with E-state index in [0.29, 0.717) is 24.5 Å². The van der Waals surface area contributed by atoms with E-state index in [0.717, 1.165) is 47.2 Å². The van der Waals surface area contributed by atoms with Gasteiger partial charge in [0.2, 0.25) is 18.6 Å². The van der Waals surface area contributed by atoms with Gasteiger partial charge in [0.15, 0.2) is 11.5 Å². The van der Waals surface area contributed by atoms with Crippen LogP contribution in [-0.4, -0.2) is 71.0 Å². The maximum Gasteiger partial charge on any atom is 0.246 e. The first kappa shape index (κ1) is 24.7. The van der Waals surface area contributed by atoms with E-state index in [1.54, 1.807) is 9.80 Å². The van der Waals surface area contributed by atoms with Crippen LogP contribution in [0.15, 0.2) is 72.8 Å². The van der Waals surface area contributed by atoms with Gasteiger partial charge in [-0.05, 0) is 54.9 Å². The summed E-state index contributed by atoms with van der Waals surface area (Å²) in [6, 6.07) is 23.4. The van der Waals surface area contributed by atoms with Crippen molar-refractivity contribution < 1.29 is 19.1 Å². The maximum atomic E-state index is 14.0. The lowest BCUT2D eigenvalue weighted by molar-refractivity contribution is -0.158. The molecule has 2 atom stereocenters. The number of hydrogen-bond donors (Lipinski definition) is 1. The SMILES string of the molecule is CN(CCCN1CC(=O)N2[C@H](c3ccc4c(c3)OCO4)c3[nH]c4ccccc4c3C[C@@H]2C1=O)Cc1ccccc1. The number of ether oxygens (including phenoxy) is 2. The Balaban J connectivity index is 1.16. The topological polar surface area (TPSA) is 78.1 Å². The fraction of sp³-hybridized carbons (Fsp3) is 0.312. The molecule has 7 rings (SSSR count). The summed E-state index contributed by atoms with van der Waals surface area (Å²) in [5, 5.41) is 1.10. The van der Waals surface area contributed by atoms with E-state index in [2.05, 4.69) is 35.1 Å². The lowest BCUT2D eigenvalue weighted by Gasteiger charge is -2.47. The fourth-order valence-electron chi connectivity index (χ4n) is 6.45. The van der Waals surface area contributed by atoms with Crippen LogP contribution in [0.5, 0.6) is 11.5 Å². The number of carbonyl (C=O) groups excluding carboxylic acids is 2. The first-order valence-electron chi connectivity index (χ1n) is 13.9. The molecule has 1 fully saturated rings. The summed E-state index contributed by atoms with van der Waals surface area (Å²) in [5.41, 5.74) is 5.24. The number of para-hydroxylation sites is 1. The second-order valence-electron chi connectivity index (χ2n) is 10.9. The van der Waals surface area contributed by atoms with Gasteiger partial charge in [-0.15, -0.1) is 0 Å². The van der Waals surface area contributed by atoms with Gasteiger partial charge in [0.25, 0.3) is 0 Å². The van der Waals surface area contributed by atoms with Crippen molar-refractivity contribution in [3.05, 3.63) is 95.2 Å². The molecule has 8 nitrogen and oxygen atoms in total. The summed E-state index contributed by atoms with van der Waals surface area (Å²) in [5.74, 6) is 1.34. The summed E-state index contributed by atoms with van der Waals surface area (Å²) in [6.07, 6.45) is 1.30.